The SMILES string of the molecule is CS(=O)c1ccc(NC(=O)NCCc2ccccn2)cc1F. The maximum atomic E-state index is 13.7. The van der Waals surface area contributed by atoms with Crippen molar-refractivity contribution in [3.05, 3.63) is 54.1 Å². The van der Waals surface area contributed by atoms with Gasteiger partial charge in [0.1, 0.15) is 5.82 Å². The highest BCUT2D eigenvalue weighted by atomic mass is 32.2. The standard InChI is InChI=1S/C15H16FN3O2S/c1-22(21)14-6-5-12(10-13(14)16)19-15(20)18-9-7-11-4-2-3-8-17-11/h2-6,8,10H,7,9H2,1H3,(H2,18,19,20). The van der Waals surface area contributed by atoms with Gasteiger partial charge >= 0.3 is 6.03 Å². The van der Waals surface area contributed by atoms with E-state index in [1.54, 1.807) is 6.20 Å². The zero-order chi connectivity index (χ0) is 15.9. The van der Waals surface area contributed by atoms with E-state index in [1.807, 2.05) is 18.2 Å². The van der Waals surface area contributed by atoms with Crippen LogP contribution in [0.5, 0.6) is 0 Å². The van der Waals surface area contributed by atoms with Crippen LogP contribution in [0.1, 0.15) is 5.69 Å². The molecule has 0 aliphatic carbocycles. The first-order valence-corrected chi connectivity index (χ1v) is 8.20. The minimum atomic E-state index is -1.40. The average Bonchev–Trinajstić information content (AvgIpc) is 2.48. The van der Waals surface area contributed by atoms with E-state index in [0.717, 1.165) is 11.8 Å². The predicted octanol–water partition coefficient (Wildman–Crippen LogP) is 2.32. The second-order valence-corrected chi connectivity index (χ2v) is 5.90. The van der Waals surface area contributed by atoms with Crippen molar-refractivity contribution in [2.24, 2.45) is 0 Å². The van der Waals surface area contributed by atoms with Gasteiger partial charge in [-0.25, -0.2) is 9.18 Å². The predicted molar refractivity (Wildman–Crippen MR) is 83.7 cm³/mol. The summed E-state index contributed by atoms with van der Waals surface area (Å²) in [6, 6.07) is 9.21. The minimum Gasteiger partial charge on any atom is -0.337 e. The summed E-state index contributed by atoms with van der Waals surface area (Å²) in [6.45, 7) is 0.419. The van der Waals surface area contributed by atoms with Crippen LogP contribution < -0.4 is 10.6 Å². The number of hydrogen-bond acceptors (Lipinski definition) is 3. The molecule has 7 heteroatoms. The summed E-state index contributed by atoms with van der Waals surface area (Å²) in [5, 5.41) is 5.19. The first-order valence-electron chi connectivity index (χ1n) is 6.64. The number of pyridine rings is 1. The molecule has 2 N–H and O–H groups in total. The van der Waals surface area contributed by atoms with Crippen LogP contribution in [0.2, 0.25) is 0 Å². The number of halogens is 1. The molecule has 0 aliphatic rings. The molecule has 2 amide bonds. The first kappa shape index (κ1) is 16.1. The maximum Gasteiger partial charge on any atom is 0.319 e. The third-order valence-corrected chi connectivity index (χ3v) is 3.84. The van der Waals surface area contributed by atoms with Gasteiger partial charge in [-0.3, -0.25) is 9.19 Å². The number of rotatable bonds is 5. The molecule has 0 saturated heterocycles. The summed E-state index contributed by atoms with van der Waals surface area (Å²) < 4.78 is 24.9. The number of anilines is 1. The van der Waals surface area contributed by atoms with Crippen molar-refractivity contribution >= 4 is 22.5 Å². The van der Waals surface area contributed by atoms with Gasteiger partial charge in [0, 0.05) is 36.8 Å². The zero-order valence-electron chi connectivity index (χ0n) is 12.0. The van der Waals surface area contributed by atoms with Crippen LogP contribution in [0.25, 0.3) is 0 Å². The Morgan fingerprint density at radius 3 is 2.77 bits per heavy atom. The summed E-state index contributed by atoms with van der Waals surface area (Å²) in [7, 11) is -1.40. The number of aromatic nitrogens is 1. The number of carbonyl (C=O) groups is 1. The van der Waals surface area contributed by atoms with Gasteiger partial charge in [-0.1, -0.05) is 6.07 Å². The van der Waals surface area contributed by atoms with Gasteiger partial charge in [0.15, 0.2) is 0 Å². The van der Waals surface area contributed by atoms with E-state index in [9.17, 15) is 13.4 Å². The summed E-state index contributed by atoms with van der Waals surface area (Å²) in [5.74, 6) is -0.605. The third-order valence-electron chi connectivity index (χ3n) is 2.89. The molecular formula is C15H16FN3O2S. The molecule has 1 atom stereocenters. The van der Waals surface area contributed by atoms with Crippen molar-refractivity contribution in [1.82, 2.24) is 10.3 Å². The number of hydrogen-bond donors (Lipinski definition) is 2. The number of urea groups is 1. The van der Waals surface area contributed by atoms with Gasteiger partial charge in [0.2, 0.25) is 0 Å². The Hall–Kier alpha value is -2.28. The molecule has 1 aromatic heterocycles. The lowest BCUT2D eigenvalue weighted by atomic mass is 10.3. The molecular weight excluding hydrogens is 305 g/mol. The Kier molecular flexibility index (Phi) is 5.60. The molecule has 0 saturated carbocycles. The number of benzene rings is 1. The van der Waals surface area contributed by atoms with Crippen molar-refractivity contribution < 1.29 is 13.4 Å². The van der Waals surface area contributed by atoms with Gasteiger partial charge in [-0.15, -0.1) is 0 Å². The highest BCUT2D eigenvalue weighted by Gasteiger charge is 2.08. The summed E-state index contributed by atoms with van der Waals surface area (Å²) in [6.07, 6.45) is 3.70. The number of nitrogens with zero attached hydrogens (tertiary/aromatic N) is 1. The Bertz CT molecular complexity index is 680. The lowest BCUT2D eigenvalue weighted by Gasteiger charge is -2.08. The van der Waals surface area contributed by atoms with Gasteiger partial charge < -0.3 is 10.6 Å². The normalized spacial score (nSPS) is 11.7. The van der Waals surface area contributed by atoms with Crippen molar-refractivity contribution in [1.29, 1.82) is 0 Å². The van der Waals surface area contributed by atoms with E-state index in [0.29, 0.717) is 18.7 Å². The molecule has 0 bridgehead atoms. The van der Waals surface area contributed by atoms with Crippen molar-refractivity contribution in [2.75, 3.05) is 18.1 Å². The molecule has 22 heavy (non-hydrogen) atoms. The molecule has 1 unspecified atom stereocenters. The second-order valence-electron chi connectivity index (χ2n) is 4.55. The van der Waals surface area contributed by atoms with Crippen LogP contribution in [0.3, 0.4) is 0 Å². The highest BCUT2D eigenvalue weighted by Crippen LogP contribution is 2.16. The summed E-state index contributed by atoms with van der Waals surface area (Å²) in [5.41, 5.74) is 1.19. The zero-order valence-corrected chi connectivity index (χ0v) is 12.8. The molecule has 0 spiro atoms. The monoisotopic (exact) mass is 321 g/mol. The van der Waals surface area contributed by atoms with E-state index >= 15 is 0 Å². The summed E-state index contributed by atoms with van der Waals surface area (Å²) in [4.78, 5) is 16.0. The fourth-order valence-corrected chi connectivity index (χ4v) is 2.43. The fraction of sp³-hybridized carbons (Fsp3) is 0.200. The fourth-order valence-electron chi connectivity index (χ4n) is 1.84. The molecule has 0 fully saturated rings. The molecule has 116 valence electrons. The largest absolute Gasteiger partial charge is 0.337 e. The topological polar surface area (TPSA) is 71.1 Å². The molecule has 2 aromatic rings. The highest BCUT2D eigenvalue weighted by molar-refractivity contribution is 7.84. The lowest BCUT2D eigenvalue weighted by Crippen LogP contribution is -2.30. The van der Waals surface area contributed by atoms with E-state index in [-0.39, 0.29) is 4.90 Å². The maximum absolute atomic E-state index is 13.7. The van der Waals surface area contributed by atoms with Crippen molar-refractivity contribution in [3.8, 4) is 0 Å². The summed E-state index contributed by atoms with van der Waals surface area (Å²) >= 11 is 0. The van der Waals surface area contributed by atoms with Crippen LogP contribution in [0.15, 0.2) is 47.5 Å². The molecule has 0 radical (unpaired) electrons. The Labute approximate surface area is 130 Å². The quantitative estimate of drug-likeness (QED) is 0.888. The van der Waals surface area contributed by atoms with Gasteiger partial charge in [-0.05, 0) is 30.3 Å². The van der Waals surface area contributed by atoms with Gasteiger partial charge in [0.05, 0.1) is 15.7 Å². The molecule has 5 nitrogen and oxygen atoms in total. The Balaban J connectivity index is 1.84. The van der Waals surface area contributed by atoms with Crippen LogP contribution in [-0.4, -0.2) is 28.0 Å². The van der Waals surface area contributed by atoms with E-state index < -0.39 is 22.6 Å². The molecule has 0 aliphatic heterocycles. The molecule has 2 rings (SSSR count). The Morgan fingerprint density at radius 1 is 1.32 bits per heavy atom. The first-order chi connectivity index (χ1) is 10.6. The van der Waals surface area contributed by atoms with Crippen LogP contribution in [0.4, 0.5) is 14.9 Å². The number of nitrogens with one attached hydrogen (secondary N) is 2. The number of carbonyl (C=O) groups excluding carboxylic acids is 1. The van der Waals surface area contributed by atoms with Crippen LogP contribution in [0, 0.1) is 5.82 Å². The third kappa shape index (κ3) is 4.63. The van der Waals surface area contributed by atoms with E-state index in [1.165, 1.54) is 18.4 Å². The van der Waals surface area contributed by atoms with Gasteiger partial charge in [0.25, 0.3) is 0 Å². The van der Waals surface area contributed by atoms with Crippen LogP contribution >= 0.6 is 0 Å². The minimum absolute atomic E-state index is 0.112. The number of amides is 2. The second kappa shape index (κ2) is 7.65. The molecule has 1 heterocycles. The average molecular weight is 321 g/mol. The molecule has 1 aromatic carbocycles. The van der Waals surface area contributed by atoms with E-state index in [2.05, 4.69) is 15.6 Å². The van der Waals surface area contributed by atoms with E-state index in [4.69, 9.17) is 0 Å². The smallest absolute Gasteiger partial charge is 0.319 e. The Morgan fingerprint density at radius 2 is 2.14 bits per heavy atom. The van der Waals surface area contributed by atoms with Crippen molar-refractivity contribution in [3.63, 3.8) is 0 Å². The van der Waals surface area contributed by atoms with Crippen LogP contribution in [-0.2, 0) is 17.2 Å². The van der Waals surface area contributed by atoms with Crippen molar-refractivity contribution in [2.45, 2.75) is 11.3 Å². The van der Waals surface area contributed by atoms with Gasteiger partial charge in [-0.2, -0.15) is 0 Å². The lowest BCUT2D eigenvalue weighted by molar-refractivity contribution is 0.252.